The molecule has 0 aliphatic rings. The minimum Gasteiger partial charge on any atom is -0.353 e. The molecule has 0 radical (unpaired) electrons. The van der Waals surface area contributed by atoms with Crippen molar-refractivity contribution in [3.8, 4) is 0 Å². The van der Waals surface area contributed by atoms with Crippen LogP contribution in [0.15, 0.2) is 29.2 Å². The number of halogens is 1. The number of amides is 1. The molecule has 0 saturated heterocycles. The van der Waals surface area contributed by atoms with Gasteiger partial charge in [-0.1, -0.05) is 18.5 Å². The molecule has 0 aromatic heterocycles. The van der Waals surface area contributed by atoms with Crippen molar-refractivity contribution in [2.45, 2.75) is 43.4 Å². The molecule has 4 heteroatoms. The van der Waals surface area contributed by atoms with E-state index >= 15 is 0 Å². The molecule has 0 heterocycles. The highest BCUT2D eigenvalue weighted by Gasteiger charge is 2.15. The topological polar surface area (TPSA) is 29.1 Å². The molecule has 0 saturated carbocycles. The van der Waals surface area contributed by atoms with Crippen LogP contribution in [0.4, 0.5) is 0 Å². The molecule has 1 aromatic rings. The van der Waals surface area contributed by atoms with E-state index < -0.39 is 0 Å². The van der Waals surface area contributed by atoms with Crippen molar-refractivity contribution < 1.29 is 4.79 Å². The Balaban J connectivity index is 2.51. The molecule has 0 aliphatic heterocycles. The van der Waals surface area contributed by atoms with E-state index in [1.54, 1.807) is 11.8 Å². The Morgan fingerprint density at radius 1 is 1.35 bits per heavy atom. The summed E-state index contributed by atoms with van der Waals surface area (Å²) in [5.41, 5.74) is 0. The van der Waals surface area contributed by atoms with Gasteiger partial charge in [-0.05, 0) is 44.5 Å². The van der Waals surface area contributed by atoms with Crippen molar-refractivity contribution in [2.24, 2.45) is 0 Å². The van der Waals surface area contributed by atoms with Crippen LogP contribution in [0.1, 0.15) is 27.2 Å². The molecule has 2 nitrogen and oxygen atoms in total. The number of rotatable bonds is 5. The van der Waals surface area contributed by atoms with Crippen LogP contribution >= 0.6 is 23.4 Å². The maximum absolute atomic E-state index is 11.8. The molecule has 0 fully saturated rings. The number of thioether (sulfide) groups is 1. The van der Waals surface area contributed by atoms with Crippen molar-refractivity contribution in [2.75, 3.05) is 0 Å². The fraction of sp³-hybridized carbons (Fsp3) is 0.462. The van der Waals surface area contributed by atoms with Gasteiger partial charge < -0.3 is 5.32 Å². The van der Waals surface area contributed by atoms with E-state index in [1.165, 1.54) is 0 Å². The van der Waals surface area contributed by atoms with Gasteiger partial charge in [0.25, 0.3) is 0 Å². The SMILES string of the molecule is CC[C@H](C)NC(=O)[C@H](C)Sc1ccc(Cl)cc1. The predicted octanol–water partition coefficient (Wildman–Crippen LogP) is 3.74. The maximum Gasteiger partial charge on any atom is 0.233 e. The molecule has 17 heavy (non-hydrogen) atoms. The van der Waals surface area contributed by atoms with Crippen LogP contribution in [0.25, 0.3) is 0 Å². The molecule has 0 spiro atoms. The number of carbonyl (C=O) groups excluding carboxylic acids is 1. The zero-order chi connectivity index (χ0) is 12.8. The molecule has 0 bridgehead atoms. The summed E-state index contributed by atoms with van der Waals surface area (Å²) in [6, 6.07) is 7.77. The van der Waals surface area contributed by atoms with Gasteiger partial charge in [0, 0.05) is 16.0 Å². The van der Waals surface area contributed by atoms with Crippen LogP contribution < -0.4 is 5.32 Å². The second kappa shape index (κ2) is 6.92. The number of hydrogen-bond donors (Lipinski definition) is 1. The first kappa shape index (κ1) is 14.4. The average Bonchev–Trinajstić information content (AvgIpc) is 2.31. The van der Waals surface area contributed by atoms with Crippen molar-refractivity contribution in [3.05, 3.63) is 29.3 Å². The van der Waals surface area contributed by atoms with Gasteiger partial charge in [-0.2, -0.15) is 0 Å². The molecule has 1 amide bonds. The van der Waals surface area contributed by atoms with Crippen LogP contribution in [0.3, 0.4) is 0 Å². The lowest BCUT2D eigenvalue weighted by Gasteiger charge is -2.15. The van der Waals surface area contributed by atoms with Gasteiger partial charge in [0.05, 0.1) is 5.25 Å². The van der Waals surface area contributed by atoms with E-state index in [1.807, 2.05) is 38.1 Å². The van der Waals surface area contributed by atoms with Gasteiger partial charge in [0.15, 0.2) is 0 Å². The fourth-order valence-electron chi connectivity index (χ4n) is 1.23. The average molecular weight is 272 g/mol. The lowest BCUT2D eigenvalue weighted by atomic mass is 10.2. The lowest BCUT2D eigenvalue weighted by molar-refractivity contribution is -0.120. The largest absolute Gasteiger partial charge is 0.353 e. The minimum absolute atomic E-state index is 0.0827. The monoisotopic (exact) mass is 271 g/mol. The van der Waals surface area contributed by atoms with E-state index in [9.17, 15) is 4.79 Å². The Kier molecular flexibility index (Phi) is 5.86. The highest BCUT2D eigenvalue weighted by atomic mass is 35.5. The predicted molar refractivity (Wildman–Crippen MR) is 74.7 cm³/mol. The summed E-state index contributed by atoms with van der Waals surface area (Å²) in [5.74, 6) is 0.0827. The fourth-order valence-corrected chi connectivity index (χ4v) is 2.24. The molecule has 0 unspecified atom stereocenters. The van der Waals surface area contributed by atoms with E-state index in [2.05, 4.69) is 12.2 Å². The van der Waals surface area contributed by atoms with Gasteiger partial charge in [-0.3, -0.25) is 4.79 Å². The summed E-state index contributed by atoms with van der Waals surface area (Å²) in [6.45, 7) is 5.98. The summed E-state index contributed by atoms with van der Waals surface area (Å²) in [6.07, 6.45) is 0.948. The van der Waals surface area contributed by atoms with E-state index in [-0.39, 0.29) is 17.2 Å². The quantitative estimate of drug-likeness (QED) is 0.827. The molecular formula is C13H18ClNOS. The molecular weight excluding hydrogens is 254 g/mol. The van der Waals surface area contributed by atoms with E-state index in [0.29, 0.717) is 5.02 Å². The Hall–Kier alpha value is -0.670. The summed E-state index contributed by atoms with van der Waals surface area (Å²) < 4.78 is 0. The first-order chi connectivity index (χ1) is 8.02. The van der Waals surface area contributed by atoms with Crippen molar-refractivity contribution in [3.63, 3.8) is 0 Å². The van der Waals surface area contributed by atoms with Crippen LogP contribution in [0, 0.1) is 0 Å². The number of carbonyl (C=O) groups is 1. The summed E-state index contributed by atoms with van der Waals surface area (Å²) in [4.78, 5) is 12.9. The van der Waals surface area contributed by atoms with Gasteiger partial charge >= 0.3 is 0 Å². The molecule has 1 N–H and O–H groups in total. The maximum atomic E-state index is 11.8. The third kappa shape index (κ3) is 5.00. The second-order valence-corrected chi connectivity index (χ2v) is 5.88. The minimum atomic E-state index is -0.0924. The Morgan fingerprint density at radius 2 is 1.94 bits per heavy atom. The van der Waals surface area contributed by atoms with Gasteiger partial charge in [-0.15, -0.1) is 11.8 Å². The molecule has 0 aliphatic carbocycles. The summed E-state index contributed by atoms with van der Waals surface area (Å²) in [5, 5.41) is 3.60. The van der Waals surface area contributed by atoms with Crippen molar-refractivity contribution in [1.82, 2.24) is 5.32 Å². The van der Waals surface area contributed by atoms with Crippen LogP contribution in [-0.2, 0) is 4.79 Å². The zero-order valence-corrected chi connectivity index (χ0v) is 11.9. The van der Waals surface area contributed by atoms with Crippen molar-refractivity contribution >= 4 is 29.3 Å². The van der Waals surface area contributed by atoms with Crippen molar-refractivity contribution in [1.29, 1.82) is 0 Å². The third-order valence-corrected chi connectivity index (χ3v) is 3.86. The number of nitrogens with one attached hydrogen (secondary N) is 1. The van der Waals surface area contributed by atoms with Crippen LogP contribution in [0.5, 0.6) is 0 Å². The number of hydrogen-bond acceptors (Lipinski definition) is 2. The zero-order valence-electron chi connectivity index (χ0n) is 10.4. The molecule has 94 valence electrons. The highest BCUT2D eigenvalue weighted by molar-refractivity contribution is 8.00. The lowest BCUT2D eigenvalue weighted by Crippen LogP contribution is -2.37. The van der Waals surface area contributed by atoms with Crippen LogP contribution in [-0.4, -0.2) is 17.2 Å². The van der Waals surface area contributed by atoms with E-state index in [4.69, 9.17) is 11.6 Å². The van der Waals surface area contributed by atoms with Gasteiger partial charge in [0.2, 0.25) is 5.91 Å². The smallest absolute Gasteiger partial charge is 0.233 e. The van der Waals surface area contributed by atoms with Gasteiger partial charge in [-0.25, -0.2) is 0 Å². The molecule has 2 atom stereocenters. The first-order valence-corrected chi connectivity index (χ1v) is 7.01. The summed E-state index contributed by atoms with van der Waals surface area (Å²) in [7, 11) is 0. The Morgan fingerprint density at radius 3 is 2.47 bits per heavy atom. The molecule has 1 aromatic carbocycles. The summed E-state index contributed by atoms with van der Waals surface area (Å²) >= 11 is 7.35. The first-order valence-electron chi connectivity index (χ1n) is 5.75. The Labute approximate surface area is 112 Å². The standard InChI is InChI=1S/C13H18ClNOS/c1-4-9(2)15-13(16)10(3)17-12-7-5-11(14)6-8-12/h5-10H,4H2,1-3H3,(H,15,16)/t9-,10-/m0/s1. The Bertz CT molecular complexity index is 366. The number of benzene rings is 1. The van der Waals surface area contributed by atoms with Crippen LogP contribution in [0.2, 0.25) is 5.02 Å². The second-order valence-electron chi connectivity index (χ2n) is 4.03. The third-order valence-electron chi connectivity index (χ3n) is 2.50. The van der Waals surface area contributed by atoms with E-state index in [0.717, 1.165) is 11.3 Å². The normalized spacial score (nSPS) is 14.1. The van der Waals surface area contributed by atoms with Gasteiger partial charge in [0.1, 0.15) is 0 Å². The molecule has 1 rings (SSSR count). The highest BCUT2D eigenvalue weighted by Crippen LogP contribution is 2.24.